The second kappa shape index (κ2) is 10.3. The minimum absolute atomic E-state index is 0.149. The number of aryl methyl sites for hydroxylation is 1. The molecule has 1 fully saturated rings. The average Bonchev–Trinajstić information content (AvgIpc) is 2.85. The van der Waals surface area contributed by atoms with Gasteiger partial charge in [0.2, 0.25) is 10.0 Å². The molecule has 0 unspecified atom stereocenters. The molecule has 33 heavy (non-hydrogen) atoms. The normalized spacial score (nSPS) is 15.3. The molecule has 0 spiro atoms. The molecule has 4 rings (SSSR count). The van der Waals surface area contributed by atoms with Crippen LogP contribution in [-0.2, 0) is 23.0 Å². The van der Waals surface area contributed by atoms with Gasteiger partial charge in [-0.1, -0.05) is 61.5 Å². The molecule has 0 saturated carbocycles. The van der Waals surface area contributed by atoms with E-state index >= 15 is 0 Å². The van der Waals surface area contributed by atoms with Crippen LogP contribution in [0.3, 0.4) is 0 Å². The van der Waals surface area contributed by atoms with Gasteiger partial charge in [0.05, 0.1) is 4.90 Å². The second-order valence-electron chi connectivity index (χ2n) is 8.16. The van der Waals surface area contributed by atoms with Crippen LogP contribution in [0.5, 0.6) is 0 Å². The molecule has 3 aromatic carbocycles. The topological polar surface area (TPSA) is 69.7 Å². The summed E-state index contributed by atoms with van der Waals surface area (Å²) in [4.78, 5) is 15.2. The Bertz CT molecular complexity index is 1200. The van der Waals surface area contributed by atoms with Crippen LogP contribution in [0.1, 0.15) is 28.4 Å². The lowest BCUT2D eigenvalue weighted by molar-refractivity contribution is 0.102. The quantitative estimate of drug-likeness (QED) is 0.575. The number of hydrogen-bond donors (Lipinski definition) is 1. The number of hydrogen-bond acceptors (Lipinski definition) is 4. The monoisotopic (exact) mass is 463 g/mol. The van der Waals surface area contributed by atoms with Gasteiger partial charge in [-0.2, -0.15) is 4.31 Å². The number of benzene rings is 3. The van der Waals surface area contributed by atoms with Crippen molar-refractivity contribution in [1.29, 1.82) is 0 Å². The summed E-state index contributed by atoms with van der Waals surface area (Å²) in [6.07, 6.45) is 0.793. The number of amides is 1. The third-order valence-corrected chi connectivity index (χ3v) is 7.86. The maximum absolute atomic E-state index is 13.3. The Kier molecular flexibility index (Phi) is 7.23. The van der Waals surface area contributed by atoms with E-state index in [2.05, 4.69) is 22.3 Å². The summed E-state index contributed by atoms with van der Waals surface area (Å²) in [6.45, 7) is 5.02. The minimum Gasteiger partial charge on any atom is -0.322 e. The van der Waals surface area contributed by atoms with E-state index in [1.165, 1.54) is 15.9 Å². The Morgan fingerprint density at radius 3 is 2.30 bits per heavy atom. The molecule has 0 atom stereocenters. The van der Waals surface area contributed by atoms with Crippen LogP contribution >= 0.6 is 0 Å². The molecule has 7 heteroatoms. The second-order valence-corrected chi connectivity index (χ2v) is 10.1. The maximum atomic E-state index is 13.3. The highest BCUT2D eigenvalue weighted by Gasteiger charge is 2.29. The number of carbonyl (C=O) groups is 1. The summed E-state index contributed by atoms with van der Waals surface area (Å²) in [5, 5.41) is 2.91. The smallest absolute Gasteiger partial charge is 0.255 e. The first-order valence-corrected chi connectivity index (χ1v) is 12.7. The van der Waals surface area contributed by atoms with Crippen molar-refractivity contribution in [3.8, 4) is 0 Å². The first kappa shape index (κ1) is 23.2. The molecular formula is C26H29N3O3S. The standard InChI is InChI=1S/C26H29N3O3S/c1-2-22-11-6-7-14-25(22)27-26(30)23-12-8-13-24(19-23)33(31,32)29-17-15-28(16-18-29)20-21-9-4-3-5-10-21/h3-14,19H,2,15-18,20H2,1H3,(H,27,30). The Morgan fingerprint density at radius 1 is 0.879 bits per heavy atom. The number of para-hydroxylation sites is 1. The first-order valence-electron chi connectivity index (χ1n) is 11.2. The molecule has 1 amide bonds. The molecule has 1 aliphatic rings. The lowest BCUT2D eigenvalue weighted by Crippen LogP contribution is -2.48. The lowest BCUT2D eigenvalue weighted by Gasteiger charge is -2.34. The van der Waals surface area contributed by atoms with Crippen LogP contribution in [0.15, 0.2) is 83.8 Å². The number of anilines is 1. The molecule has 0 aliphatic carbocycles. The van der Waals surface area contributed by atoms with Crippen molar-refractivity contribution >= 4 is 21.6 Å². The van der Waals surface area contributed by atoms with Crippen LogP contribution in [0.2, 0.25) is 0 Å². The number of rotatable bonds is 7. The Hall–Kier alpha value is -3.00. The molecule has 172 valence electrons. The van der Waals surface area contributed by atoms with E-state index in [0.29, 0.717) is 31.7 Å². The predicted octanol–water partition coefficient (Wildman–Crippen LogP) is 4.01. The van der Waals surface area contributed by atoms with Gasteiger partial charge in [-0.3, -0.25) is 9.69 Å². The van der Waals surface area contributed by atoms with E-state index in [-0.39, 0.29) is 10.8 Å². The van der Waals surface area contributed by atoms with Crippen molar-refractivity contribution in [3.63, 3.8) is 0 Å². The summed E-state index contributed by atoms with van der Waals surface area (Å²) in [7, 11) is -3.67. The van der Waals surface area contributed by atoms with Gasteiger partial charge < -0.3 is 5.32 Å². The van der Waals surface area contributed by atoms with Crippen LogP contribution in [0, 0.1) is 0 Å². The van der Waals surface area contributed by atoms with Crippen LogP contribution < -0.4 is 5.32 Å². The first-order chi connectivity index (χ1) is 16.0. The number of sulfonamides is 1. The van der Waals surface area contributed by atoms with Crippen molar-refractivity contribution in [2.75, 3.05) is 31.5 Å². The molecule has 6 nitrogen and oxygen atoms in total. The van der Waals surface area contributed by atoms with Crippen molar-refractivity contribution in [3.05, 3.63) is 95.6 Å². The zero-order valence-corrected chi connectivity index (χ0v) is 19.6. The Balaban J connectivity index is 1.43. The highest BCUT2D eigenvalue weighted by Crippen LogP contribution is 2.21. The molecule has 1 heterocycles. The fourth-order valence-electron chi connectivity index (χ4n) is 4.06. The number of nitrogens with one attached hydrogen (secondary N) is 1. The van der Waals surface area contributed by atoms with Crippen molar-refractivity contribution in [2.45, 2.75) is 24.8 Å². The number of piperazine rings is 1. The lowest BCUT2D eigenvalue weighted by atomic mass is 10.1. The molecule has 1 N–H and O–H groups in total. The highest BCUT2D eigenvalue weighted by atomic mass is 32.2. The fraction of sp³-hybridized carbons (Fsp3) is 0.269. The molecule has 0 aromatic heterocycles. The third kappa shape index (κ3) is 5.50. The summed E-state index contributed by atoms with van der Waals surface area (Å²) in [6, 6.07) is 24.1. The largest absolute Gasteiger partial charge is 0.322 e. The molecule has 0 bridgehead atoms. The average molecular weight is 464 g/mol. The summed E-state index contributed by atoms with van der Waals surface area (Å²) in [5.74, 6) is -0.319. The van der Waals surface area contributed by atoms with Crippen LogP contribution in [-0.4, -0.2) is 49.7 Å². The van der Waals surface area contributed by atoms with E-state index < -0.39 is 10.0 Å². The van der Waals surface area contributed by atoms with Gasteiger partial charge in [0.15, 0.2) is 0 Å². The van der Waals surface area contributed by atoms with E-state index in [9.17, 15) is 13.2 Å². The Morgan fingerprint density at radius 2 is 1.58 bits per heavy atom. The number of nitrogens with zero attached hydrogens (tertiary/aromatic N) is 2. The van der Waals surface area contributed by atoms with Crippen LogP contribution in [0.4, 0.5) is 5.69 Å². The fourth-order valence-corrected chi connectivity index (χ4v) is 5.53. The molecule has 3 aromatic rings. The summed E-state index contributed by atoms with van der Waals surface area (Å²) < 4.78 is 28.0. The molecule has 0 radical (unpaired) electrons. The molecule has 1 saturated heterocycles. The van der Waals surface area contributed by atoms with Gasteiger partial charge in [-0.05, 0) is 41.8 Å². The Labute approximate surface area is 195 Å². The minimum atomic E-state index is -3.67. The van der Waals surface area contributed by atoms with E-state index in [1.807, 2.05) is 49.4 Å². The summed E-state index contributed by atoms with van der Waals surface area (Å²) >= 11 is 0. The zero-order chi connectivity index (χ0) is 23.3. The van der Waals surface area contributed by atoms with Gasteiger partial charge in [0, 0.05) is 44.0 Å². The van der Waals surface area contributed by atoms with Crippen LogP contribution in [0.25, 0.3) is 0 Å². The SMILES string of the molecule is CCc1ccccc1NC(=O)c1cccc(S(=O)(=O)N2CCN(Cc3ccccc3)CC2)c1. The van der Waals surface area contributed by atoms with Gasteiger partial charge in [0.25, 0.3) is 5.91 Å². The van der Waals surface area contributed by atoms with Gasteiger partial charge >= 0.3 is 0 Å². The van der Waals surface area contributed by atoms with E-state index in [0.717, 1.165) is 24.2 Å². The van der Waals surface area contributed by atoms with Gasteiger partial charge in [0.1, 0.15) is 0 Å². The van der Waals surface area contributed by atoms with Crippen molar-refractivity contribution < 1.29 is 13.2 Å². The summed E-state index contributed by atoms with van der Waals surface area (Å²) in [5.41, 5.74) is 3.32. The molecular weight excluding hydrogens is 434 g/mol. The maximum Gasteiger partial charge on any atom is 0.255 e. The van der Waals surface area contributed by atoms with E-state index in [1.54, 1.807) is 18.2 Å². The molecule has 1 aliphatic heterocycles. The van der Waals surface area contributed by atoms with Crippen molar-refractivity contribution in [1.82, 2.24) is 9.21 Å². The zero-order valence-electron chi connectivity index (χ0n) is 18.8. The third-order valence-electron chi connectivity index (χ3n) is 5.96. The van der Waals surface area contributed by atoms with Gasteiger partial charge in [-0.15, -0.1) is 0 Å². The van der Waals surface area contributed by atoms with E-state index in [4.69, 9.17) is 0 Å². The number of carbonyl (C=O) groups excluding carboxylic acids is 1. The highest BCUT2D eigenvalue weighted by molar-refractivity contribution is 7.89. The van der Waals surface area contributed by atoms with Crippen molar-refractivity contribution in [2.24, 2.45) is 0 Å². The van der Waals surface area contributed by atoms with Gasteiger partial charge in [-0.25, -0.2) is 8.42 Å². The predicted molar refractivity (Wildman–Crippen MR) is 131 cm³/mol.